The highest BCUT2D eigenvalue weighted by atomic mass is 32.1. The standard InChI is InChI=1S/C9H13NO3S/c11-5-1-2-8-10-7(6-14-8)3-4-9(12)13/h6,11H,1-5H2,(H,12,13). The van der Waals surface area contributed by atoms with Crippen LogP contribution in [0.15, 0.2) is 5.38 Å². The second kappa shape index (κ2) is 5.72. The van der Waals surface area contributed by atoms with Crippen LogP contribution in [-0.2, 0) is 17.6 Å². The van der Waals surface area contributed by atoms with Gasteiger partial charge in [-0.25, -0.2) is 4.98 Å². The molecular formula is C9H13NO3S. The number of carboxylic acid groups (broad SMARTS) is 1. The number of carbonyl (C=O) groups is 1. The molecule has 0 saturated carbocycles. The zero-order valence-corrected chi connectivity index (χ0v) is 8.59. The highest BCUT2D eigenvalue weighted by molar-refractivity contribution is 7.09. The second-order valence-electron chi connectivity index (χ2n) is 2.95. The van der Waals surface area contributed by atoms with E-state index in [1.807, 2.05) is 5.38 Å². The molecule has 0 aliphatic rings. The van der Waals surface area contributed by atoms with Crippen LogP contribution in [0.4, 0.5) is 0 Å². The number of aliphatic hydroxyl groups excluding tert-OH is 1. The molecule has 14 heavy (non-hydrogen) atoms. The van der Waals surface area contributed by atoms with Crippen molar-refractivity contribution in [1.82, 2.24) is 4.98 Å². The fourth-order valence-corrected chi connectivity index (χ4v) is 1.92. The molecule has 1 rings (SSSR count). The molecule has 0 fully saturated rings. The number of aliphatic hydroxyl groups is 1. The normalized spacial score (nSPS) is 10.4. The third kappa shape index (κ3) is 3.85. The smallest absolute Gasteiger partial charge is 0.303 e. The molecule has 1 aromatic rings. The highest BCUT2D eigenvalue weighted by Gasteiger charge is 2.04. The molecule has 1 aromatic heterocycles. The Kier molecular flexibility index (Phi) is 4.55. The monoisotopic (exact) mass is 215 g/mol. The first-order valence-corrected chi connectivity index (χ1v) is 5.36. The van der Waals surface area contributed by atoms with Crippen molar-refractivity contribution in [2.45, 2.75) is 25.7 Å². The highest BCUT2D eigenvalue weighted by Crippen LogP contribution is 2.12. The lowest BCUT2D eigenvalue weighted by molar-refractivity contribution is -0.136. The van der Waals surface area contributed by atoms with Gasteiger partial charge < -0.3 is 10.2 Å². The minimum absolute atomic E-state index is 0.128. The number of thiazole rings is 1. The van der Waals surface area contributed by atoms with Crippen molar-refractivity contribution >= 4 is 17.3 Å². The van der Waals surface area contributed by atoms with Crippen LogP contribution in [0.1, 0.15) is 23.5 Å². The summed E-state index contributed by atoms with van der Waals surface area (Å²) in [5.41, 5.74) is 0.838. The predicted molar refractivity (Wildman–Crippen MR) is 53.5 cm³/mol. The van der Waals surface area contributed by atoms with Gasteiger partial charge in [0.1, 0.15) is 0 Å². The summed E-state index contributed by atoms with van der Waals surface area (Å²) in [6, 6.07) is 0. The zero-order valence-electron chi connectivity index (χ0n) is 7.77. The Bertz CT molecular complexity index is 298. The number of hydrogen-bond donors (Lipinski definition) is 2. The summed E-state index contributed by atoms with van der Waals surface area (Å²) >= 11 is 1.53. The van der Waals surface area contributed by atoms with Crippen LogP contribution >= 0.6 is 11.3 Å². The second-order valence-corrected chi connectivity index (χ2v) is 3.90. The van der Waals surface area contributed by atoms with Gasteiger partial charge in [0, 0.05) is 24.8 Å². The topological polar surface area (TPSA) is 70.4 Å². The Morgan fingerprint density at radius 1 is 1.50 bits per heavy atom. The van der Waals surface area contributed by atoms with Gasteiger partial charge in [-0.1, -0.05) is 0 Å². The molecule has 0 aliphatic carbocycles. The van der Waals surface area contributed by atoms with Crippen molar-refractivity contribution in [1.29, 1.82) is 0 Å². The Morgan fingerprint density at radius 3 is 2.93 bits per heavy atom. The lowest BCUT2D eigenvalue weighted by Gasteiger charge is -1.92. The molecule has 0 amide bonds. The molecule has 5 heteroatoms. The molecule has 0 bridgehead atoms. The van der Waals surface area contributed by atoms with E-state index in [9.17, 15) is 4.79 Å². The number of nitrogens with zero attached hydrogens (tertiary/aromatic N) is 1. The van der Waals surface area contributed by atoms with Gasteiger partial charge in [-0.05, 0) is 6.42 Å². The summed E-state index contributed by atoms with van der Waals surface area (Å²) in [5, 5.41) is 19.9. The Hall–Kier alpha value is -0.940. The molecule has 0 radical (unpaired) electrons. The quantitative estimate of drug-likeness (QED) is 0.745. The van der Waals surface area contributed by atoms with Gasteiger partial charge in [0.25, 0.3) is 0 Å². The van der Waals surface area contributed by atoms with E-state index in [1.54, 1.807) is 0 Å². The zero-order chi connectivity index (χ0) is 10.4. The predicted octanol–water partition coefficient (Wildman–Crippen LogP) is 1.09. The summed E-state index contributed by atoms with van der Waals surface area (Å²) in [6.07, 6.45) is 2.11. The van der Waals surface area contributed by atoms with E-state index in [0.29, 0.717) is 12.8 Å². The van der Waals surface area contributed by atoms with Gasteiger partial charge >= 0.3 is 5.97 Å². The van der Waals surface area contributed by atoms with Crippen LogP contribution in [0.3, 0.4) is 0 Å². The molecule has 78 valence electrons. The first kappa shape index (κ1) is 11.1. The maximum absolute atomic E-state index is 10.3. The van der Waals surface area contributed by atoms with E-state index in [-0.39, 0.29) is 13.0 Å². The number of rotatable bonds is 6. The molecule has 0 aliphatic heterocycles. The maximum atomic E-state index is 10.3. The van der Waals surface area contributed by atoms with Crippen molar-refractivity contribution in [2.24, 2.45) is 0 Å². The Morgan fingerprint density at radius 2 is 2.29 bits per heavy atom. The third-order valence-corrected chi connectivity index (χ3v) is 2.70. The number of aryl methyl sites for hydroxylation is 2. The molecule has 0 atom stereocenters. The van der Waals surface area contributed by atoms with E-state index >= 15 is 0 Å². The number of aromatic nitrogens is 1. The Balaban J connectivity index is 2.38. The lowest BCUT2D eigenvalue weighted by Crippen LogP contribution is -1.98. The van der Waals surface area contributed by atoms with Crippen LogP contribution in [0, 0.1) is 0 Å². The number of aliphatic carboxylic acids is 1. The molecule has 0 unspecified atom stereocenters. The van der Waals surface area contributed by atoms with Gasteiger partial charge in [-0.2, -0.15) is 0 Å². The first-order chi connectivity index (χ1) is 6.72. The van der Waals surface area contributed by atoms with Gasteiger partial charge in [0.15, 0.2) is 0 Å². The number of carboxylic acids is 1. The van der Waals surface area contributed by atoms with Gasteiger partial charge in [-0.3, -0.25) is 4.79 Å². The summed E-state index contributed by atoms with van der Waals surface area (Å²) < 4.78 is 0. The molecule has 1 heterocycles. The fourth-order valence-electron chi connectivity index (χ4n) is 1.04. The lowest BCUT2D eigenvalue weighted by atomic mass is 10.2. The first-order valence-electron chi connectivity index (χ1n) is 4.48. The number of hydrogen-bond acceptors (Lipinski definition) is 4. The van der Waals surface area contributed by atoms with E-state index in [4.69, 9.17) is 10.2 Å². The van der Waals surface area contributed by atoms with E-state index in [2.05, 4.69) is 4.98 Å². The van der Waals surface area contributed by atoms with E-state index in [0.717, 1.165) is 17.1 Å². The van der Waals surface area contributed by atoms with Crippen LogP contribution in [0.25, 0.3) is 0 Å². The van der Waals surface area contributed by atoms with E-state index < -0.39 is 5.97 Å². The van der Waals surface area contributed by atoms with Crippen molar-refractivity contribution in [3.8, 4) is 0 Å². The van der Waals surface area contributed by atoms with Crippen molar-refractivity contribution in [3.63, 3.8) is 0 Å². The summed E-state index contributed by atoms with van der Waals surface area (Å²) in [7, 11) is 0. The largest absolute Gasteiger partial charge is 0.481 e. The molecule has 0 aromatic carbocycles. The van der Waals surface area contributed by atoms with E-state index in [1.165, 1.54) is 11.3 Å². The summed E-state index contributed by atoms with van der Waals surface area (Å²) in [6.45, 7) is 0.171. The van der Waals surface area contributed by atoms with Gasteiger partial charge in [0.05, 0.1) is 17.1 Å². The van der Waals surface area contributed by atoms with Crippen molar-refractivity contribution < 1.29 is 15.0 Å². The Labute approximate surface area is 86.2 Å². The minimum Gasteiger partial charge on any atom is -0.481 e. The average molecular weight is 215 g/mol. The molecule has 2 N–H and O–H groups in total. The summed E-state index contributed by atoms with van der Waals surface area (Å²) in [5.74, 6) is -0.796. The van der Waals surface area contributed by atoms with Crippen LogP contribution < -0.4 is 0 Å². The van der Waals surface area contributed by atoms with Crippen LogP contribution in [0.5, 0.6) is 0 Å². The average Bonchev–Trinajstić information content (AvgIpc) is 2.59. The summed E-state index contributed by atoms with van der Waals surface area (Å²) in [4.78, 5) is 14.6. The third-order valence-electron chi connectivity index (χ3n) is 1.74. The van der Waals surface area contributed by atoms with Crippen molar-refractivity contribution in [2.75, 3.05) is 6.61 Å². The van der Waals surface area contributed by atoms with Crippen LogP contribution in [0.2, 0.25) is 0 Å². The van der Waals surface area contributed by atoms with Crippen molar-refractivity contribution in [3.05, 3.63) is 16.1 Å². The molecule has 0 spiro atoms. The SMILES string of the molecule is O=C(O)CCc1csc(CCCO)n1. The fraction of sp³-hybridized carbons (Fsp3) is 0.556. The maximum Gasteiger partial charge on any atom is 0.303 e. The van der Waals surface area contributed by atoms with Crippen LogP contribution in [-0.4, -0.2) is 27.8 Å². The molecule has 0 saturated heterocycles. The van der Waals surface area contributed by atoms with Gasteiger partial charge in [0.2, 0.25) is 0 Å². The molecule has 4 nitrogen and oxygen atoms in total. The molecular weight excluding hydrogens is 202 g/mol. The van der Waals surface area contributed by atoms with Gasteiger partial charge in [-0.15, -0.1) is 11.3 Å². The minimum atomic E-state index is -0.796.